The fraction of sp³-hybridized carbons (Fsp3) is 0.250. The third-order valence-corrected chi connectivity index (χ3v) is 4.97. The summed E-state index contributed by atoms with van der Waals surface area (Å²) in [5.41, 5.74) is 0.940. The van der Waals surface area contributed by atoms with Gasteiger partial charge in [-0.2, -0.15) is 0 Å². The summed E-state index contributed by atoms with van der Waals surface area (Å²) in [5.74, 6) is 0. The van der Waals surface area contributed by atoms with Crippen molar-refractivity contribution in [3.8, 4) is 0 Å². The van der Waals surface area contributed by atoms with Gasteiger partial charge in [0.1, 0.15) is 0 Å². The van der Waals surface area contributed by atoms with E-state index in [1.54, 1.807) is 11.9 Å². The predicted octanol–water partition coefficient (Wildman–Crippen LogP) is 3.54. The zero-order valence-electron chi connectivity index (χ0n) is 14.2. The summed E-state index contributed by atoms with van der Waals surface area (Å²) in [6, 6.07) is 18.4. The normalized spacial score (nSPS) is 13.7. The Balaban J connectivity index is 1.42. The molecule has 25 heavy (non-hydrogen) atoms. The molecular weight excluding hydrogens is 330 g/mol. The van der Waals surface area contributed by atoms with Gasteiger partial charge < -0.3 is 10.4 Å². The molecule has 130 valence electrons. The second-order valence-corrected chi connectivity index (χ2v) is 7.00. The van der Waals surface area contributed by atoms with Crippen LogP contribution in [0.1, 0.15) is 18.6 Å². The number of aliphatic hydroxyl groups is 1. The van der Waals surface area contributed by atoms with E-state index in [-0.39, 0.29) is 6.04 Å². The van der Waals surface area contributed by atoms with E-state index in [1.165, 1.54) is 10.3 Å². The van der Waals surface area contributed by atoms with Crippen LogP contribution in [0.25, 0.3) is 10.8 Å². The van der Waals surface area contributed by atoms with Gasteiger partial charge >= 0.3 is 0 Å². The Bertz CT molecular complexity index is 797. The third-order valence-electron chi connectivity index (χ3n) is 3.96. The van der Waals surface area contributed by atoms with E-state index in [1.807, 2.05) is 48.8 Å². The summed E-state index contributed by atoms with van der Waals surface area (Å²) >= 11 is 1.63. The van der Waals surface area contributed by atoms with Crippen LogP contribution in [0.2, 0.25) is 0 Å². The summed E-state index contributed by atoms with van der Waals surface area (Å²) in [5, 5.41) is 15.8. The second-order valence-electron chi connectivity index (χ2n) is 6.09. The first kappa shape index (κ1) is 17.9. The third kappa shape index (κ3) is 5.28. The van der Waals surface area contributed by atoms with Gasteiger partial charge in [-0.3, -0.25) is 9.71 Å². The Morgan fingerprint density at radius 3 is 2.72 bits per heavy atom. The number of aromatic nitrogens is 1. The topological polar surface area (TPSA) is 57.2 Å². The quantitative estimate of drug-likeness (QED) is 0.541. The molecule has 2 aromatic carbocycles. The lowest BCUT2D eigenvalue weighted by atomic mass is 10.1. The minimum absolute atomic E-state index is 0.279. The number of aliphatic hydroxyl groups excluding tert-OH is 1. The number of hydrogen-bond donors (Lipinski definition) is 3. The summed E-state index contributed by atoms with van der Waals surface area (Å²) < 4.78 is 3.43. The number of nitrogens with one attached hydrogen (secondary N) is 2. The van der Waals surface area contributed by atoms with Gasteiger partial charge in [0.15, 0.2) is 0 Å². The Hall–Kier alpha value is -1.92. The zero-order chi connectivity index (χ0) is 17.5. The number of fused-ring (bicyclic) bond motifs is 1. The Kier molecular flexibility index (Phi) is 6.42. The average Bonchev–Trinajstić information content (AvgIpc) is 2.67. The van der Waals surface area contributed by atoms with Gasteiger partial charge in [0, 0.05) is 41.8 Å². The van der Waals surface area contributed by atoms with Gasteiger partial charge in [0.2, 0.25) is 0 Å². The summed E-state index contributed by atoms with van der Waals surface area (Å²) in [4.78, 5) is 5.31. The molecule has 2 atom stereocenters. The Labute approximate surface area is 152 Å². The molecule has 0 saturated carbocycles. The molecule has 0 unspecified atom stereocenters. The molecule has 4 nitrogen and oxygen atoms in total. The van der Waals surface area contributed by atoms with Crippen molar-refractivity contribution in [2.24, 2.45) is 0 Å². The first-order valence-electron chi connectivity index (χ1n) is 8.42. The van der Waals surface area contributed by atoms with Crippen LogP contribution in [-0.2, 0) is 0 Å². The highest BCUT2D eigenvalue weighted by Crippen LogP contribution is 2.21. The molecule has 0 fully saturated rings. The standard InChI is InChI=1S/C20H23N3OS/c1-15(12-22-14-20(24)16-5-3-2-4-6-16)23-25-19-8-7-18-13-21-10-9-17(18)11-19/h2-11,13,15,20,22-24H,12,14H2,1H3/t15-,20+/m1/s1. The van der Waals surface area contributed by atoms with Crippen molar-refractivity contribution < 1.29 is 5.11 Å². The van der Waals surface area contributed by atoms with Crippen molar-refractivity contribution in [1.82, 2.24) is 15.0 Å². The number of pyridine rings is 1. The lowest BCUT2D eigenvalue weighted by Gasteiger charge is -2.16. The van der Waals surface area contributed by atoms with Gasteiger partial charge in [-0.25, -0.2) is 0 Å². The van der Waals surface area contributed by atoms with Crippen molar-refractivity contribution >= 4 is 22.7 Å². The second kappa shape index (κ2) is 8.97. The van der Waals surface area contributed by atoms with Crippen molar-refractivity contribution in [1.29, 1.82) is 0 Å². The number of rotatable bonds is 8. The molecule has 3 rings (SSSR count). The maximum Gasteiger partial charge on any atom is 0.0914 e. The maximum absolute atomic E-state index is 10.1. The lowest BCUT2D eigenvalue weighted by Crippen LogP contribution is -2.34. The van der Waals surface area contributed by atoms with E-state index in [9.17, 15) is 5.11 Å². The molecule has 0 aliphatic heterocycles. The maximum atomic E-state index is 10.1. The number of hydrogen-bond acceptors (Lipinski definition) is 5. The van der Waals surface area contributed by atoms with Crippen LogP contribution in [0.15, 0.2) is 71.9 Å². The highest BCUT2D eigenvalue weighted by molar-refractivity contribution is 7.97. The lowest BCUT2D eigenvalue weighted by molar-refractivity contribution is 0.174. The molecule has 0 bridgehead atoms. The van der Waals surface area contributed by atoms with E-state index in [2.05, 4.69) is 40.1 Å². The predicted molar refractivity (Wildman–Crippen MR) is 104 cm³/mol. The fourth-order valence-corrected chi connectivity index (χ4v) is 3.31. The van der Waals surface area contributed by atoms with E-state index in [4.69, 9.17) is 0 Å². The van der Waals surface area contributed by atoms with Gasteiger partial charge in [-0.05, 0) is 48.0 Å². The van der Waals surface area contributed by atoms with Gasteiger partial charge in [0.25, 0.3) is 0 Å². The fourth-order valence-electron chi connectivity index (χ4n) is 2.56. The van der Waals surface area contributed by atoms with E-state index in [0.29, 0.717) is 6.54 Å². The van der Waals surface area contributed by atoms with Gasteiger partial charge in [-0.1, -0.05) is 36.4 Å². The van der Waals surface area contributed by atoms with Crippen LogP contribution in [-0.4, -0.2) is 29.2 Å². The van der Waals surface area contributed by atoms with Crippen LogP contribution in [0.3, 0.4) is 0 Å². The summed E-state index contributed by atoms with van der Waals surface area (Å²) in [6.07, 6.45) is 3.21. The van der Waals surface area contributed by atoms with Crippen LogP contribution < -0.4 is 10.0 Å². The Morgan fingerprint density at radius 1 is 1.04 bits per heavy atom. The van der Waals surface area contributed by atoms with Gasteiger partial charge in [0.05, 0.1) is 6.10 Å². The van der Waals surface area contributed by atoms with E-state index < -0.39 is 6.10 Å². The van der Waals surface area contributed by atoms with Crippen molar-refractivity contribution in [3.63, 3.8) is 0 Å². The molecule has 0 aliphatic rings. The molecular formula is C20H23N3OS. The molecule has 3 N–H and O–H groups in total. The van der Waals surface area contributed by atoms with Crippen LogP contribution >= 0.6 is 11.9 Å². The minimum atomic E-state index is -0.477. The molecule has 0 spiro atoms. The van der Waals surface area contributed by atoms with E-state index in [0.717, 1.165) is 17.5 Å². The molecule has 0 radical (unpaired) electrons. The van der Waals surface area contributed by atoms with Crippen molar-refractivity contribution in [2.75, 3.05) is 13.1 Å². The van der Waals surface area contributed by atoms with Crippen LogP contribution in [0.5, 0.6) is 0 Å². The monoisotopic (exact) mass is 353 g/mol. The zero-order valence-corrected chi connectivity index (χ0v) is 15.0. The molecule has 1 heterocycles. The van der Waals surface area contributed by atoms with Crippen molar-refractivity contribution in [2.45, 2.75) is 24.0 Å². The molecule has 1 aromatic heterocycles. The minimum Gasteiger partial charge on any atom is -0.387 e. The SMILES string of the molecule is C[C@H](CNC[C@H](O)c1ccccc1)NSc1ccc2cnccc2c1. The largest absolute Gasteiger partial charge is 0.387 e. The van der Waals surface area contributed by atoms with Crippen molar-refractivity contribution in [3.05, 3.63) is 72.6 Å². The first-order valence-corrected chi connectivity index (χ1v) is 9.24. The Morgan fingerprint density at radius 2 is 1.88 bits per heavy atom. The highest BCUT2D eigenvalue weighted by atomic mass is 32.2. The molecule has 0 aliphatic carbocycles. The number of nitrogens with zero attached hydrogens (tertiary/aromatic N) is 1. The van der Waals surface area contributed by atoms with E-state index >= 15 is 0 Å². The first-order chi connectivity index (χ1) is 12.2. The number of benzene rings is 2. The summed E-state index contributed by atoms with van der Waals surface area (Å²) in [7, 11) is 0. The molecule has 5 heteroatoms. The molecule has 0 amide bonds. The van der Waals surface area contributed by atoms with Crippen LogP contribution in [0, 0.1) is 0 Å². The highest BCUT2D eigenvalue weighted by Gasteiger charge is 2.08. The average molecular weight is 353 g/mol. The van der Waals surface area contributed by atoms with Crippen LogP contribution in [0.4, 0.5) is 0 Å². The molecule has 3 aromatic rings. The molecule has 0 saturated heterocycles. The summed E-state index contributed by atoms with van der Waals surface area (Å²) in [6.45, 7) is 3.46. The smallest absolute Gasteiger partial charge is 0.0914 e. The van der Waals surface area contributed by atoms with Gasteiger partial charge in [-0.15, -0.1) is 0 Å².